The molecule has 5 nitrogen and oxygen atoms in total. The van der Waals surface area contributed by atoms with E-state index in [-0.39, 0.29) is 50.1 Å². The minimum Gasteiger partial charge on any atom is -0.497 e. The van der Waals surface area contributed by atoms with Gasteiger partial charge in [-0.1, -0.05) is 410 Å². The maximum atomic E-state index is 13.0. The highest BCUT2D eigenvalue weighted by molar-refractivity contribution is 9.10. The Morgan fingerprint density at radius 1 is 0.339 bits per heavy atom. The van der Waals surface area contributed by atoms with Crippen LogP contribution in [0.5, 0.6) is 5.75 Å². The van der Waals surface area contributed by atoms with Gasteiger partial charge in [-0.15, -0.1) is 0 Å². The summed E-state index contributed by atoms with van der Waals surface area (Å²) in [7, 11) is 6.89. The van der Waals surface area contributed by atoms with E-state index in [1.165, 1.54) is 115 Å². The molecule has 0 aliphatic rings. The summed E-state index contributed by atoms with van der Waals surface area (Å²) in [6.07, 6.45) is 0. The van der Waals surface area contributed by atoms with E-state index in [9.17, 15) is 14.0 Å². The average Bonchev–Trinajstić information content (AvgIpc) is 0.502. The van der Waals surface area contributed by atoms with Crippen LogP contribution in [-0.2, 0) is 32.5 Å². The molecule has 0 spiro atoms. The summed E-state index contributed by atoms with van der Waals surface area (Å²) in [5, 5.41) is 23.0. The second-order valence-corrected chi connectivity index (χ2v) is 40.7. The van der Waals surface area contributed by atoms with Crippen LogP contribution in [0.2, 0.25) is 5.02 Å². The van der Waals surface area contributed by atoms with E-state index in [1.54, 1.807) is 39.2 Å². The number of fused-ring (bicyclic) bond motifs is 8. The standard InChI is InChI=1S/C17H21NO.C16H19NO.C15H18O.C14H15F.2C14H16.C13H13Br.C13H13Cl/c1-17(2,3)15-9-8-12-10-14(16(19)18(4)5)7-6-13(12)11-15;1-16(2,3)14-8-7-11-9-13(15(18)17-4)6-5-12(11)10-14;1-15(2,3)13-7-5-12-10-14(16-4)8-6-11(12)9-13;1-14(2,3)12-6-4-11-9-13(15)7-5-10(11)8-12;1-14(2,3)13-10-6-8-11-7-4-5-9-12(11)13;1-14(2,3)13-9-8-11-6-4-5-7-12(11)10-13;2*1-9(2)10-3-4-12-8-13(14)6-5-11(12)7-10/h6-11H,1-5H3;5-10H,1-4H3,(H,17,18);5-10H,1-4H3;4-9H,1-3H3;2*4-10H,1-3H3;2*3-9H,1-2H3. The molecule has 0 fully saturated rings. The quantitative estimate of drug-likeness (QED) is 0.187. The zero-order valence-corrected chi connectivity index (χ0v) is 80.7. The molecule has 16 rings (SSSR count). The highest BCUT2D eigenvalue weighted by Gasteiger charge is 2.21. The maximum Gasteiger partial charge on any atom is 0.253 e. The number of rotatable bonds is 5. The topological polar surface area (TPSA) is 58.6 Å². The summed E-state index contributed by atoms with van der Waals surface area (Å²) >= 11 is 9.40. The van der Waals surface area contributed by atoms with Crippen LogP contribution in [0.4, 0.5) is 4.39 Å². The van der Waals surface area contributed by atoms with Crippen molar-refractivity contribution in [2.75, 3.05) is 28.3 Å². The van der Waals surface area contributed by atoms with Gasteiger partial charge in [-0.2, -0.15) is 0 Å². The molecule has 0 heterocycles. The van der Waals surface area contributed by atoms with Crippen LogP contribution in [-0.4, -0.2) is 45.0 Å². The molecule has 8 heteroatoms. The monoisotopic (exact) mass is 1730 g/mol. The van der Waals surface area contributed by atoms with E-state index in [0.29, 0.717) is 17.4 Å². The molecule has 0 aliphatic heterocycles. The van der Waals surface area contributed by atoms with Crippen LogP contribution >= 0.6 is 27.5 Å². The lowest BCUT2D eigenvalue weighted by atomic mass is 9.84. The number of carbonyl (C=O) groups excluding carboxylic acids is 2. The zero-order valence-electron chi connectivity index (χ0n) is 78.3. The van der Waals surface area contributed by atoms with Crippen molar-refractivity contribution >= 4 is 126 Å². The van der Waals surface area contributed by atoms with Crippen LogP contribution in [0.25, 0.3) is 86.2 Å². The van der Waals surface area contributed by atoms with E-state index < -0.39 is 0 Å². The second-order valence-electron chi connectivity index (χ2n) is 39.4. The third kappa shape index (κ3) is 27.3. The first-order valence-corrected chi connectivity index (χ1v) is 44.5. The van der Waals surface area contributed by atoms with Crippen LogP contribution in [0, 0.1) is 5.82 Å². The van der Waals surface area contributed by atoms with Crippen LogP contribution in [0.1, 0.15) is 229 Å². The van der Waals surface area contributed by atoms with Crippen molar-refractivity contribution < 1.29 is 18.7 Å². The number of methoxy groups -OCH3 is 1. The SMILES string of the molecule is CC(C)(C)c1ccc2cc(F)ccc2c1.CC(C)(C)c1ccc2ccccc2c1.CC(C)(C)c1cccc2ccccc12.CC(C)c1ccc2cc(Br)ccc2c1.CC(C)c1ccc2cc(Cl)ccc2c1.CN(C)C(=O)c1ccc2cc(C(C)(C)C)ccc2c1.CNC(=O)c1ccc2cc(C(C)(C)C)ccc2c1.COc1ccc2cc(C(C)(C)C)ccc2c1. The lowest BCUT2D eigenvalue weighted by Gasteiger charge is -2.21. The van der Waals surface area contributed by atoms with Gasteiger partial charge in [-0.05, 0) is 248 Å². The van der Waals surface area contributed by atoms with Gasteiger partial charge in [0.2, 0.25) is 0 Å². The number of carbonyl (C=O) groups is 2. The highest BCUT2D eigenvalue weighted by Crippen LogP contribution is 2.35. The molecule has 0 saturated carbocycles. The van der Waals surface area contributed by atoms with E-state index >= 15 is 0 Å². The summed E-state index contributed by atoms with van der Waals surface area (Å²) in [5.74, 6) is 1.92. The molecule has 1 N–H and O–H groups in total. The van der Waals surface area contributed by atoms with Crippen molar-refractivity contribution in [2.24, 2.45) is 0 Å². The molecule has 0 saturated heterocycles. The Hall–Kier alpha value is -11.0. The molecule has 124 heavy (non-hydrogen) atoms. The van der Waals surface area contributed by atoms with Gasteiger partial charge < -0.3 is 15.0 Å². The van der Waals surface area contributed by atoms with Crippen molar-refractivity contribution in [3.05, 3.63) is 374 Å². The number of hydrogen-bond donors (Lipinski definition) is 1. The maximum absolute atomic E-state index is 13.0. The first kappa shape index (κ1) is 96.9. The Bertz CT molecular complexity index is 6250. The smallest absolute Gasteiger partial charge is 0.253 e. The summed E-state index contributed by atoms with van der Waals surface area (Å²) in [6.45, 7) is 48.8. The van der Waals surface area contributed by atoms with Crippen molar-refractivity contribution in [1.29, 1.82) is 0 Å². The van der Waals surface area contributed by atoms with Crippen LogP contribution in [0.3, 0.4) is 0 Å². The van der Waals surface area contributed by atoms with Gasteiger partial charge in [0.15, 0.2) is 0 Å². The molecule has 0 aliphatic carbocycles. The molecule has 644 valence electrons. The number of amides is 2. The summed E-state index contributed by atoms with van der Waals surface area (Å²) in [4.78, 5) is 25.1. The highest BCUT2D eigenvalue weighted by atomic mass is 79.9. The van der Waals surface area contributed by atoms with E-state index in [2.05, 4.69) is 398 Å². The van der Waals surface area contributed by atoms with Crippen molar-refractivity contribution in [1.82, 2.24) is 10.2 Å². The molecule has 0 radical (unpaired) electrons. The predicted octanol–water partition coefficient (Wildman–Crippen LogP) is 33.4. The van der Waals surface area contributed by atoms with Gasteiger partial charge in [0.25, 0.3) is 11.8 Å². The second kappa shape index (κ2) is 41.7. The fraction of sp³-hybridized carbons (Fsp3) is 0.293. The molecule has 16 aromatic rings. The Morgan fingerprint density at radius 3 is 1.11 bits per heavy atom. The average molecular weight is 1740 g/mol. The first-order valence-electron chi connectivity index (χ1n) is 43.3. The Kier molecular flexibility index (Phi) is 32.6. The van der Waals surface area contributed by atoms with Crippen LogP contribution in [0.15, 0.2) is 308 Å². The lowest BCUT2D eigenvalue weighted by Crippen LogP contribution is -2.21. The number of nitrogens with zero attached hydrogens (tertiary/aromatic N) is 1. The third-order valence-corrected chi connectivity index (χ3v) is 23.1. The van der Waals surface area contributed by atoms with E-state index in [1.807, 2.05) is 66.7 Å². The van der Waals surface area contributed by atoms with E-state index in [4.69, 9.17) is 16.3 Å². The fourth-order valence-electron chi connectivity index (χ4n) is 14.3. The fourth-order valence-corrected chi connectivity index (χ4v) is 14.9. The van der Waals surface area contributed by atoms with Gasteiger partial charge in [-0.25, -0.2) is 4.39 Å². The predicted molar refractivity (Wildman–Crippen MR) is 543 cm³/mol. The molecule has 2 amide bonds. The van der Waals surface area contributed by atoms with Crippen molar-refractivity contribution in [3.63, 3.8) is 0 Å². The largest absolute Gasteiger partial charge is 0.497 e. The van der Waals surface area contributed by atoms with Gasteiger partial charge in [0.05, 0.1) is 7.11 Å². The molecule has 0 atom stereocenters. The van der Waals surface area contributed by atoms with Gasteiger partial charge >= 0.3 is 0 Å². The minimum absolute atomic E-state index is 0.0433. The number of benzene rings is 16. The van der Waals surface area contributed by atoms with Crippen LogP contribution < -0.4 is 10.1 Å². The summed E-state index contributed by atoms with van der Waals surface area (Å²) in [5.41, 5.74) is 13.4. The summed E-state index contributed by atoms with van der Waals surface area (Å²) < 4.78 is 19.3. The van der Waals surface area contributed by atoms with Gasteiger partial charge in [-0.3, -0.25) is 9.59 Å². The number of nitrogens with one attached hydrogen (secondary N) is 1. The molecule has 0 bridgehead atoms. The number of ether oxygens (including phenoxy) is 1. The zero-order chi connectivity index (χ0) is 91.0. The number of halogens is 3. The third-order valence-electron chi connectivity index (χ3n) is 22.3. The van der Waals surface area contributed by atoms with Crippen molar-refractivity contribution in [3.8, 4) is 5.75 Å². The molecule has 16 aromatic carbocycles. The van der Waals surface area contributed by atoms with Gasteiger partial charge in [0.1, 0.15) is 11.6 Å². The Morgan fingerprint density at radius 2 is 0.669 bits per heavy atom. The molecule has 0 aromatic heterocycles. The normalized spacial score (nSPS) is 11.6. The lowest BCUT2D eigenvalue weighted by molar-refractivity contribution is 0.0827. The Labute approximate surface area is 754 Å². The summed E-state index contributed by atoms with van der Waals surface area (Å²) in [6, 6.07) is 104. The molecular formula is C116H131BrClFN2O3. The number of hydrogen-bond acceptors (Lipinski definition) is 3. The first-order chi connectivity index (χ1) is 58.2. The van der Waals surface area contributed by atoms with Gasteiger partial charge in [0, 0.05) is 41.8 Å². The molecule has 0 unspecified atom stereocenters. The molecular weight excluding hydrogens is 1600 g/mol. The minimum atomic E-state index is -0.175. The van der Waals surface area contributed by atoms with E-state index in [0.717, 1.165) is 42.4 Å². The Balaban J connectivity index is 0.000000161. The van der Waals surface area contributed by atoms with Crippen molar-refractivity contribution in [2.45, 2.75) is 197 Å².